The number of ketones is 1. The average Bonchev–Trinajstić information content (AvgIpc) is 3.06. The fraction of sp³-hybridized carbons (Fsp3) is 0.333. The van der Waals surface area contributed by atoms with Gasteiger partial charge < -0.3 is 4.74 Å². The van der Waals surface area contributed by atoms with Gasteiger partial charge in [0.1, 0.15) is 0 Å². The molecule has 2 aliphatic rings. The van der Waals surface area contributed by atoms with Crippen LogP contribution < -0.4 is 4.90 Å². The lowest BCUT2D eigenvalue weighted by Crippen LogP contribution is -2.31. The summed E-state index contributed by atoms with van der Waals surface area (Å²) in [4.78, 5) is 62.0. The van der Waals surface area contributed by atoms with Gasteiger partial charge >= 0.3 is 5.97 Å². The van der Waals surface area contributed by atoms with E-state index in [1.54, 1.807) is 12.1 Å². The molecular weight excluding hydrogens is 428 g/mol. The van der Waals surface area contributed by atoms with E-state index in [0.717, 1.165) is 17.4 Å². The molecule has 33 heavy (non-hydrogen) atoms. The number of amides is 2. The summed E-state index contributed by atoms with van der Waals surface area (Å²) in [7, 11) is 0. The molecule has 3 atom stereocenters. The van der Waals surface area contributed by atoms with Gasteiger partial charge in [0.05, 0.1) is 28.0 Å². The van der Waals surface area contributed by atoms with Crippen molar-refractivity contribution in [3.8, 4) is 0 Å². The summed E-state index contributed by atoms with van der Waals surface area (Å²) >= 11 is 0. The van der Waals surface area contributed by atoms with E-state index in [1.165, 1.54) is 30.3 Å². The SMILES string of the molecule is C[C@@H]1CC[C@@H]2C(=O)N(c3cccc(C(=O)OCC(=O)c4cccc([N+](=O)[O-])c4)c3)C(=O)[C@H]2C1. The third kappa shape index (κ3) is 4.39. The number of non-ortho nitro benzene ring substituents is 1. The van der Waals surface area contributed by atoms with Gasteiger partial charge in [0, 0.05) is 17.7 Å². The lowest BCUT2D eigenvalue weighted by molar-refractivity contribution is -0.384. The number of benzene rings is 2. The molecule has 0 aromatic heterocycles. The Bertz CT molecular complexity index is 1160. The number of esters is 1. The zero-order chi connectivity index (χ0) is 23.7. The Morgan fingerprint density at radius 2 is 1.73 bits per heavy atom. The maximum atomic E-state index is 12.9. The number of nitro groups is 1. The largest absolute Gasteiger partial charge is 0.454 e. The molecule has 1 saturated carbocycles. The van der Waals surface area contributed by atoms with E-state index in [1.807, 2.05) is 0 Å². The van der Waals surface area contributed by atoms with Gasteiger partial charge in [-0.2, -0.15) is 0 Å². The molecule has 2 aromatic carbocycles. The lowest BCUT2D eigenvalue weighted by Gasteiger charge is -2.25. The van der Waals surface area contributed by atoms with Crippen molar-refractivity contribution in [1.29, 1.82) is 0 Å². The summed E-state index contributed by atoms with van der Waals surface area (Å²) in [6.07, 6.45) is 2.25. The second-order valence-corrected chi connectivity index (χ2v) is 8.50. The monoisotopic (exact) mass is 450 g/mol. The van der Waals surface area contributed by atoms with Crippen LogP contribution in [0.1, 0.15) is 46.9 Å². The second kappa shape index (κ2) is 8.93. The number of carbonyl (C=O) groups is 4. The van der Waals surface area contributed by atoms with E-state index in [0.29, 0.717) is 24.4 Å². The smallest absolute Gasteiger partial charge is 0.338 e. The van der Waals surface area contributed by atoms with Gasteiger partial charge in [-0.25, -0.2) is 4.79 Å². The minimum Gasteiger partial charge on any atom is -0.454 e. The van der Waals surface area contributed by atoms with Gasteiger partial charge in [-0.1, -0.05) is 25.1 Å². The first-order chi connectivity index (χ1) is 15.8. The highest BCUT2D eigenvalue weighted by Crippen LogP contribution is 2.42. The number of hydrogen-bond acceptors (Lipinski definition) is 7. The molecule has 0 bridgehead atoms. The summed E-state index contributed by atoms with van der Waals surface area (Å²) in [6.45, 7) is 1.47. The summed E-state index contributed by atoms with van der Waals surface area (Å²) < 4.78 is 5.08. The van der Waals surface area contributed by atoms with Crippen molar-refractivity contribution in [2.75, 3.05) is 11.5 Å². The zero-order valence-electron chi connectivity index (χ0n) is 17.9. The molecule has 9 nitrogen and oxygen atoms in total. The summed E-state index contributed by atoms with van der Waals surface area (Å²) in [5.74, 6) is -2.16. The van der Waals surface area contributed by atoms with E-state index in [2.05, 4.69) is 6.92 Å². The number of imide groups is 1. The summed E-state index contributed by atoms with van der Waals surface area (Å²) in [5, 5.41) is 10.9. The molecule has 1 aliphatic heterocycles. The average molecular weight is 450 g/mol. The van der Waals surface area contributed by atoms with Crippen molar-refractivity contribution in [2.24, 2.45) is 17.8 Å². The van der Waals surface area contributed by atoms with Crippen LogP contribution in [0.5, 0.6) is 0 Å². The molecule has 0 unspecified atom stereocenters. The van der Waals surface area contributed by atoms with Crippen LogP contribution in [-0.4, -0.2) is 35.1 Å². The Kier molecular flexibility index (Phi) is 6.04. The Balaban J connectivity index is 1.46. The first-order valence-corrected chi connectivity index (χ1v) is 10.7. The van der Waals surface area contributed by atoms with Crippen LogP contribution >= 0.6 is 0 Å². The summed E-state index contributed by atoms with van der Waals surface area (Å²) in [5.41, 5.74) is 0.195. The fourth-order valence-corrected chi connectivity index (χ4v) is 4.51. The number of rotatable bonds is 6. The van der Waals surface area contributed by atoms with Gasteiger partial charge in [0.25, 0.3) is 5.69 Å². The maximum absolute atomic E-state index is 12.9. The number of carbonyl (C=O) groups excluding carboxylic acids is 4. The first kappa shape index (κ1) is 22.3. The van der Waals surface area contributed by atoms with Crippen molar-refractivity contribution >= 4 is 34.9 Å². The molecule has 1 heterocycles. The van der Waals surface area contributed by atoms with E-state index in [-0.39, 0.29) is 40.5 Å². The molecular formula is C24H22N2O7. The molecule has 0 spiro atoms. The normalized spacial score (nSPS) is 22.1. The van der Waals surface area contributed by atoms with Gasteiger partial charge in [-0.3, -0.25) is 29.4 Å². The molecule has 1 aliphatic carbocycles. The lowest BCUT2D eigenvalue weighted by atomic mass is 9.76. The Labute approximate surface area is 189 Å². The predicted molar refractivity (Wildman–Crippen MR) is 117 cm³/mol. The third-order valence-corrected chi connectivity index (χ3v) is 6.24. The molecule has 4 rings (SSSR count). The summed E-state index contributed by atoms with van der Waals surface area (Å²) in [6, 6.07) is 11.1. The molecule has 0 N–H and O–H groups in total. The number of Topliss-reactive ketones (excluding diaryl/α,β-unsaturated/α-hetero) is 1. The first-order valence-electron chi connectivity index (χ1n) is 10.7. The second-order valence-electron chi connectivity index (χ2n) is 8.50. The van der Waals surface area contributed by atoms with Crippen LogP contribution in [0.2, 0.25) is 0 Å². The number of hydrogen-bond donors (Lipinski definition) is 0. The molecule has 1 saturated heterocycles. The number of fused-ring (bicyclic) bond motifs is 1. The van der Waals surface area contributed by atoms with Crippen LogP contribution in [0, 0.1) is 27.9 Å². The van der Waals surface area contributed by atoms with Crippen molar-refractivity contribution in [3.05, 3.63) is 69.8 Å². The number of nitro benzene ring substituents is 1. The van der Waals surface area contributed by atoms with Crippen LogP contribution in [0.4, 0.5) is 11.4 Å². The molecule has 170 valence electrons. The Morgan fingerprint density at radius 3 is 2.48 bits per heavy atom. The fourth-order valence-electron chi connectivity index (χ4n) is 4.51. The standard InChI is InChI=1S/C24H22N2O7/c1-14-8-9-19-20(10-14)23(29)25(22(19)28)17-6-3-5-16(12-17)24(30)33-13-21(27)15-4-2-7-18(11-15)26(31)32/h2-7,11-12,14,19-20H,8-10,13H2,1H3/t14-,19+,20+/m1/s1. The van der Waals surface area contributed by atoms with Gasteiger partial charge in [-0.05, 0) is 43.4 Å². The van der Waals surface area contributed by atoms with E-state index < -0.39 is 23.3 Å². The van der Waals surface area contributed by atoms with Crippen LogP contribution in [0.15, 0.2) is 48.5 Å². The van der Waals surface area contributed by atoms with Crippen molar-refractivity contribution in [2.45, 2.75) is 26.2 Å². The number of ether oxygens (including phenoxy) is 1. The van der Waals surface area contributed by atoms with Crippen molar-refractivity contribution in [1.82, 2.24) is 0 Å². The highest BCUT2D eigenvalue weighted by molar-refractivity contribution is 6.22. The van der Waals surface area contributed by atoms with Crippen LogP contribution in [0.25, 0.3) is 0 Å². The Morgan fingerprint density at radius 1 is 1.03 bits per heavy atom. The molecule has 2 fully saturated rings. The molecule has 2 aromatic rings. The van der Waals surface area contributed by atoms with E-state index in [4.69, 9.17) is 4.74 Å². The van der Waals surface area contributed by atoms with Gasteiger partial charge in [0.2, 0.25) is 17.6 Å². The minimum atomic E-state index is -0.805. The number of nitrogens with zero attached hydrogens (tertiary/aromatic N) is 2. The maximum Gasteiger partial charge on any atom is 0.338 e. The number of anilines is 1. The van der Waals surface area contributed by atoms with Crippen molar-refractivity contribution in [3.63, 3.8) is 0 Å². The quantitative estimate of drug-likeness (QED) is 0.217. The van der Waals surface area contributed by atoms with Crippen LogP contribution in [-0.2, 0) is 14.3 Å². The molecule has 9 heteroatoms. The zero-order valence-corrected chi connectivity index (χ0v) is 17.9. The van der Waals surface area contributed by atoms with E-state index >= 15 is 0 Å². The molecule has 2 amide bonds. The molecule has 0 radical (unpaired) electrons. The predicted octanol–water partition coefficient (Wildman–Crippen LogP) is 3.56. The topological polar surface area (TPSA) is 124 Å². The highest BCUT2D eigenvalue weighted by Gasteiger charge is 2.50. The minimum absolute atomic E-state index is 0.0517. The van der Waals surface area contributed by atoms with Gasteiger partial charge in [0.15, 0.2) is 6.61 Å². The highest BCUT2D eigenvalue weighted by atomic mass is 16.6. The third-order valence-electron chi connectivity index (χ3n) is 6.24. The van der Waals surface area contributed by atoms with Gasteiger partial charge in [-0.15, -0.1) is 0 Å². The van der Waals surface area contributed by atoms with Crippen LogP contribution in [0.3, 0.4) is 0 Å². The van der Waals surface area contributed by atoms with E-state index in [9.17, 15) is 29.3 Å². The Hall–Kier alpha value is -3.88. The van der Waals surface area contributed by atoms with Crippen molar-refractivity contribution < 1.29 is 28.8 Å².